The van der Waals surface area contributed by atoms with Crippen LogP contribution in [-0.4, -0.2) is 24.8 Å². The maximum absolute atomic E-state index is 12.1. The van der Waals surface area contributed by atoms with E-state index >= 15 is 0 Å². The lowest BCUT2D eigenvalue weighted by Gasteiger charge is -2.41. The van der Waals surface area contributed by atoms with Gasteiger partial charge < -0.3 is 10.5 Å². The lowest BCUT2D eigenvalue weighted by Crippen LogP contribution is -2.57. The highest BCUT2D eigenvalue weighted by Crippen LogP contribution is 2.44. The molecule has 1 saturated carbocycles. The van der Waals surface area contributed by atoms with Crippen molar-refractivity contribution in [3.63, 3.8) is 0 Å². The molecule has 1 fully saturated rings. The van der Waals surface area contributed by atoms with Crippen LogP contribution in [0.2, 0.25) is 0 Å². The molecule has 0 amide bonds. The number of rotatable bonds is 2. The number of hydrogen-bond acceptors (Lipinski definition) is 3. The minimum Gasteiger partial charge on any atom is -0.466 e. The van der Waals surface area contributed by atoms with Gasteiger partial charge in [-0.1, -0.05) is 0 Å². The topological polar surface area (TPSA) is 52.3 Å². The molecule has 1 aliphatic rings. The van der Waals surface area contributed by atoms with Crippen LogP contribution in [0.4, 0.5) is 13.2 Å². The van der Waals surface area contributed by atoms with Crippen LogP contribution < -0.4 is 5.73 Å². The number of hydrogen-bond donors (Lipinski definition) is 1. The molecule has 2 N–H and O–H groups in total. The molecular weight excluding hydrogens is 199 g/mol. The predicted octanol–water partition coefficient (Wildman–Crippen LogP) is 1.08. The van der Waals surface area contributed by atoms with Crippen molar-refractivity contribution in [3.05, 3.63) is 0 Å². The van der Waals surface area contributed by atoms with Gasteiger partial charge in [-0.3, -0.25) is 4.79 Å². The lowest BCUT2D eigenvalue weighted by atomic mass is 9.70. The van der Waals surface area contributed by atoms with Gasteiger partial charge in [-0.05, 0) is 13.3 Å². The van der Waals surface area contributed by atoms with Gasteiger partial charge in [0.15, 0.2) is 0 Å². The van der Waals surface area contributed by atoms with Crippen molar-refractivity contribution in [2.45, 2.75) is 25.6 Å². The summed E-state index contributed by atoms with van der Waals surface area (Å²) in [6.07, 6.45) is -4.55. The van der Waals surface area contributed by atoms with Crippen LogP contribution in [0.3, 0.4) is 0 Å². The average molecular weight is 211 g/mol. The van der Waals surface area contributed by atoms with Crippen LogP contribution in [-0.2, 0) is 9.53 Å². The first-order valence-corrected chi connectivity index (χ1v) is 4.36. The van der Waals surface area contributed by atoms with E-state index in [1.165, 1.54) is 0 Å². The Hall–Kier alpha value is -0.780. The van der Waals surface area contributed by atoms with E-state index in [4.69, 9.17) is 5.73 Å². The van der Waals surface area contributed by atoms with Crippen molar-refractivity contribution in [3.8, 4) is 0 Å². The molecule has 6 heteroatoms. The maximum Gasteiger partial charge on any atom is 0.393 e. The van der Waals surface area contributed by atoms with Crippen molar-refractivity contribution in [1.29, 1.82) is 0 Å². The Balaban J connectivity index is 2.48. The summed E-state index contributed by atoms with van der Waals surface area (Å²) < 4.78 is 41.0. The van der Waals surface area contributed by atoms with Crippen molar-refractivity contribution >= 4 is 5.97 Å². The van der Waals surface area contributed by atoms with E-state index < -0.39 is 30.0 Å². The van der Waals surface area contributed by atoms with Gasteiger partial charge in [0.1, 0.15) is 0 Å². The summed E-state index contributed by atoms with van der Waals surface area (Å²) in [4.78, 5) is 11.0. The Morgan fingerprint density at radius 3 is 2.50 bits per heavy atom. The molecule has 82 valence electrons. The molecule has 0 heterocycles. The zero-order valence-corrected chi connectivity index (χ0v) is 7.67. The Kier molecular flexibility index (Phi) is 3.04. The van der Waals surface area contributed by atoms with Crippen LogP contribution >= 0.6 is 0 Å². The van der Waals surface area contributed by atoms with Crippen LogP contribution in [0.1, 0.15) is 13.3 Å². The van der Waals surface area contributed by atoms with Gasteiger partial charge in [0, 0.05) is 6.04 Å². The number of nitrogens with two attached hydrogens (primary N) is 1. The summed E-state index contributed by atoms with van der Waals surface area (Å²) in [7, 11) is 0. The molecule has 14 heavy (non-hydrogen) atoms. The van der Waals surface area contributed by atoms with Crippen molar-refractivity contribution in [2.75, 3.05) is 6.61 Å². The normalized spacial score (nSPS) is 32.2. The summed E-state index contributed by atoms with van der Waals surface area (Å²) >= 11 is 0. The van der Waals surface area contributed by atoms with E-state index in [1.54, 1.807) is 6.92 Å². The third-order valence-electron chi connectivity index (χ3n) is 2.45. The largest absolute Gasteiger partial charge is 0.466 e. The number of carbonyl (C=O) groups excluding carboxylic acids is 1. The fraction of sp³-hybridized carbons (Fsp3) is 0.875. The second-order valence-corrected chi connectivity index (χ2v) is 3.32. The van der Waals surface area contributed by atoms with Gasteiger partial charge in [-0.2, -0.15) is 13.2 Å². The van der Waals surface area contributed by atoms with Crippen molar-refractivity contribution in [1.82, 2.24) is 0 Å². The molecular formula is C8H12F3NO2. The number of halogens is 3. The monoisotopic (exact) mass is 211 g/mol. The van der Waals surface area contributed by atoms with Crippen LogP contribution in [0, 0.1) is 11.8 Å². The summed E-state index contributed by atoms with van der Waals surface area (Å²) in [5, 5.41) is 0. The Labute approximate surface area is 79.4 Å². The van der Waals surface area contributed by atoms with Crippen molar-refractivity contribution < 1.29 is 22.7 Å². The molecule has 0 aromatic heterocycles. The SMILES string of the molecule is CCOC(=O)[C@@H]1C[C@H](C(F)(F)F)[C@H]1N. The molecule has 0 unspecified atom stereocenters. The molecule has 0 saturated heterocycles. The Morgan fingerprint density at radius 1 is 1.57 bits per heavy atom. The van der Waals surface area contributed by atoms with Gasteiger partial charge in [-0.15, -0.1) is 0 Å². The standard InChI is InChI=1S/C8H12F3NO2/c1-2-14-7(13)4-3-5(6(4)12)8(9,10)11/h4-6H,2-3,12H2,1H3/t4-,5+,6+/m1/s1. The average Bonchev–Trinajstić information content (AvgIpc) is 1.99. The Bertz CT molecular complexity index is 229. The predicted molar refractivity (Wildman–Crippen MR) is 42.3 cm³/mol. The van der Waals surface area contributed by atoms with Gasteiger partial charge in [0.2, 0.25) is 0 Å². The van der Waals surface area contributed by atoms with Gasteiger partial charge in [-0.25, -0.2) is 0 Å². The van der Waals surface area contributed by atoms with E-state index in [9.17, 15) is 18.0 Å². The number of alkyl halides is 3. The third-order valence-corrected chi connectivity index (χ3v) is 2.45. The highest BCUT2D eigenvalue weighted by atomic mass is 19.4. The second-order valence-electron chi connectivity index (χ2n) is 3.32. The highest BCUT2D eigenvalue weighted by molar-refractivity contribution is 5.74. The first kappa shape index (κ1) is 11.3. The van der Waals surface area contributed by atoms with E-state index in [0.717, 1.165) is 0 Å². The summed E-state index contributed by atoms with van der Waals surface area (Å²) in [6.45, 7) is 1.77. The molecule has 0 aromatic carbocycles. The quantitative estimate of drug-likeness (QED) is 0.695. The molecule has 0 aromatic rings. The van der Waals surface area contributed by atoms with Gasteiger partial charge in [0.25, 0.3) is 0 Å². The van der Waals surface area contributed by atoms with E-state index in [-0.39, 0.29) is 13.0 Å². The number of ether oxygens (including phenoxy) is 1. The second kappa shape index (κ2) is 3.76. The molecule has 0 bridgehead atoms. The van der Waals surface area contributed by atoms with E-state index in [1.807, 2.05) is 0 Å². The Morgan fingerprint density at radius 2 is 2.14 bits per heavy atom. The van der Waals surface area contributed by atoms with Crippen molar-refractivity contribution in [2.24, 2.45) is 17.6 Å². The first-order valence-electron chi connectivity index (χ1n) is 4.36. The van der Waals surface area contributed by atoms with E-state index in [2.05, 4.69) is 4.74 Å². The molecule has 0 aliphatic heterocycles. The molecule has 1 rings (SSSR count). The summed E-state index contributed by atoms with van der Waals surface area (Å²) in [6, 6.07) is -1.14. The minimum absolute atomic E-state index is 0.165. The fourth-order valence-electron chi connectivity index (χ4n) is 1.53. The fourth-order valence-corrected chi connectivity index (χ4v) is 1.53. The summed E-state index contributed by atoms with van der Waals surface area (Å²) in [5.41, 5.74) is 5.26. The van der Waals surface area contributed by atoms with Crippen LogP contribution in [0.5, 0.6) is 0 Å². The van der Waals surface area contributed by atoms with Crippen LogP contribution in [0.25, 0.3) is 0 Å². The molecule has 3 nitrogen and oxygen atoms in total. The highest BCUT2D eigenvalue weighted by Gasteiger charge is 2.56. The van der Waals surface area contributed by atoms with Gasteiger partial charge in [0.05, 0.1) is 18.4 Å². The first-order chi connectivity index (χ1) is 6.38. The zero-order chi connectivity index (χ0) is 10.9. The zero-order valence-electron chi connectivity index (χ0n) is 7.67. The summed E-state index contributed by atoms with van der Waals surface area (Å²) in [5.74, 6) is -2.97. The number of esters is 1. The minimum atomic E-state index is -4.30. The maximum atomic E-state index is 12.1. The molecule has 0 radical (unpaired) electrons. The van der Waals surface area contributed by atoms with Gasteiger partial charge >= 0.3 is 12.1 Å². The lowest BCUT2D eigenvalue weighted by molar-refractivity contribution is -0.215. The molecule has 1 aliphatic carbocycles. The molecule has 0 spiro atoms. The third kappa shape index (κ3) is 2.00. The van der Waals surface area contributed by atoms with Crippen LogP contribution in [0.15, 0.2) is 0 Å². The smallest absolute Gasteiger partial charge is 0.393 e. The number of carbonyl (C=O) groups is 1. The molecule has 3 atom stereocenters. The van der Waals surface area contributed by atoms with E-state index in [0.29, 0.717) is 0 Å².